The van der Waals surface area contributed by atoms with Gasteiger partial charge in [-0.15, -0.1) is 0 Å². The number of methoxy groups -OCH3 is 2. The Hall–Kier alpha value is -3.68. The lowest BCUT2D eigenvalue weighted by Crippen LogP contribution is -2.02. The highest BCUT2D eigenvalue weighted by molar-refractivity contribution is 5.66. The number of anilines is 4. The molecule has 144 valence electrons. The molecule has 1 aromatic heterocycles. The minimum absolute atomic E-state index is 0.241. The van der Waals surface area contributed by atoms with E-state index >= 15 is 0 Å². The van der Waals surface area contributed by atoms with Crippen LogP contribution in [-0.2, 0) is 0 Å². The molecule has 0 saturated carbocycles. The number of ether oxygens (including phenoxy) is 4. The number of aryl methyl sites for hydroxylation is 1. The first-order valence-corrected chi connectivity index (χ1v) is 8.66. The summed E-state index contributed by atoms with van der Waals surface area (Å²) >= 11 is 0. The lowest BCUT2D eigenvalue weighted by molar-refractivity contribution is 0.174. The third-order valence-corrected chi connectivity index (χ3v) is 4.14. The lowest BCUT2D eigenvalue weighted by atomic mass is 10.2. The van der Waals surface area contributed by atoms with E-state index in [2.05, 4.69) is 20.6 Å². The molecule has 2 heterocycles. The molecule has 1 aliphatic rings. The van der Waals surface area contributed by atoms with Gasteiger partial charge in [-0.2, -0.15) is 0 Å². The zero-order chi connectivity index (χ0) is 19.5. The van der Waals surface area contributed by atoms with Gasteiger partial charge in [0.25, 0.3) is 0 Å². The van der Waals surface area contributed by atoms with E-state index in [0.717, 1.165) is 17.1 Å². The average molecular weight is 380 g/mol. The van der Waals surface area contributed by atoms with E-state index in [1.165, 1.54) is 0 Å². The highest BCUT2D eigenvalue weighted by Gasteiger charge is 2.14. The Morgan fingerprint density at radius 2 is 1.43 bits per heavy atom. The van der Waals surface area contributed by atoms with E-state index in [9.17, 15) is 0 Å². The van der Waals surface area contributed by atoms with E-state index in [-0.39, 0.29) is 6.79 Å². The largest absolute Gasteiger partial charge is 0.493 e. The molecule has 0 aliphatic carbocycles. The third-order valence-electron chi connectivity index (χ3n) is 4.14. The van der Waals surface area contributed by atoms with Crippen LogP contribution in [0.4, 0.5) is 23.0 Å². The smallest absolute Gasteiger partial charge is 0.231 e. The molecule has 2 aromatic carbocycles. The summed E-state index contributed by atoms with van der Waals surface area (Å²) < 4.78 is 21.4. The van der Waals surface area contributed by atoms with Gasteiger partial charge in [-0.05, 0) is 31.2 Å². The van der Waals surface area contributed by atoms with E-state index in [1.54, 1.807) is 14.2 Å². The first-order valence-electron chi connectivity index (χ1n) is 8.66. The topological polar surface area (TPSA) is 86.8 Å². The summed E-state index contributed by atoms with van der Waals surface area (Å²) in [6.45, 7) is 2.08. The fourth-order valence-electron chi connectivity index (χ4n) is 2.88. The summed E-state index contributed by atoms with van der Waals surface area (Å²) in [5.74, 6) is 4.69. The van der Waals surface area contributed by atoms with Crippen molar-refractivity contribution in [2.45, 2.75) is 6.92 Å². The van der Waals surface area contributed by atoms with Crippen LogP contribution in [0, 0.1) is 6.92 Å². The van der Waals surface area contributed by atoms with Crippen molar-refractivity contribution in [2.75, 3.05) is 31.6 Å². The number of hydrogen-bond donors (Lipinski definition) is 2. The minimum Gasteiger partial charge on any atom is -0.493 e. The molecule has 0 atom stereocenters. The molecule has 8 nitrogen and oxygen atoms in total. The minimum atomic E-state index is 0.241. The zero-order valence-electron chi connectivity index (χ0n) is 15.8. The molecular formula is C20H20N4O4. The normalized spacial score (nSPS) is 11.8. The molecule has 4 rings (SSSR count). The van der Waals surface area contributed by atoms with Crippen LogP contribution in [0.5, 0.6) is 23.0 Å². The van der Waals surface area contributed by atoms with Crippen LogP contribution in [0.25, 0.3) is 0 Å². The second-order valence-corrected chi connectivity index (χ2v) is 6.07. The van der Waals surface area contributed by atoms with E-state index in [1.807, 2.05) is 49.4 Å². The van der Waals surface area contributed by atoms with Crippen molar-refractivity contribution in [2.24, 2.45) is 0 Å². The second-order valence-electron chi connectivity index (χ2n) is 6.07. The second kappa shape index (κ2) is 7.51. The fourth-order valence-corrected chi connectivity index (χ4v) is 2.88. The predicted octanol–water partition coefficient (Wildman–Crippen LogP) is 4.02. The maximum atomic E-state index is 5.41. The maximum absolute atomic E-state index is 5.41. The van der Waals surface area contributed by atoms with Gasteiger partial charge < -0.3 is 29.6 Å². The predicted molar refractivity (Wildman–Crippen MR) is 105 cm³/mol. The Morgan fingerprint density at radius 3 is 2.14 bits per heavy atom. The van der Waals surface area contributed by atoms with Crippen molar-refractivity contribution in [1.29, 1.82) is 0 Å². The van der Waals surface area contributed by atoms with Crippen molar-refractivity contribution in [3.05, 3.63) is 48.3 Å². The molecular weight excluding hydrogens is 360 g/mol. The number of hydrogen-bond acceptors (Lipinski definition) is 8. The molecule has 8 heteroatoms. The van der Waals surface area contributed by atoms with E-state index in [4.69, 9.17) is 18.9 Å². The standard InChI is InChI=1S/C20H20N4O4/c1-12-21-19(23-13-4-6-15(25-2)17(8-13)26-3)10-20(22-12)24-14-5-7-16-18(9-14)28-11-27-16/h4-10H,11H2,1-3H3,(H2,21,22,23,24). The average Bonchev–Trinajstić information content (AvgIpc) is 3.15. The fraction of sp³-hybridized carbons (Fsp3) is 0.200. The van der Waals surface area contributed by atoms with Gasteiger partial charge in [0.05, 0.1) is 14.2 Å². The molecule has 1 aliphatic heterocycles. The number of nitrogens with one attached hydrogen (secondary N) is 2. The molecule has 0 amide bonds. The van der Waals surface area contributed by atoms with Crippen molar-refractivity contribution in [3.63, 3.8) is 0 Å². The maximum Gasteiger partial charge on any atom is 0.231 e. The van der Waals surface area contributed by atoms with Crippen molar-refractivity contribution < 1.29 is 18.9 Å². The Balaban J connectivity index is 1.55. The Kier molecular flexibility index (Phi) is 4.76. The molecule has 0 spiro atoms. The van der Waals surface area contributed by atoms with Crippen LogP contribution in [0.3, 0.4) is 0 Å². The molecule has 3 aromatic rings. The summed E-state index contributed by atoms with van der Waals surface area (Å²) in [7, 11) is 3.21. The SMILES string of the molecule is COc1ccc(Nc2cc(Nc3ccc4c(c3)OCO4)nc(C)n2)cc1OC. The van der Waals surface area contributed by atoms with Gasteiger partial charge >= 0.3 is 0 Å². The van der Waals surface area contributed by atoms with Gasteiger partial charge in [-0.1, -0.05) is 0 Å². The monoisotopic (exact) mass is 380 g/mol. The van der Waals surface area contributed by atoms with Gasteiger partial charge in [0.15, 0.2) is 23.0 Å². The van der Waals surface area contributed by atoms with Crippen LogP contribution in [0.15, 0.2) is 42.5 Å². The summed E-state index contributed by atoms with van der Waals surface area (Å²) in [4.78, 5) is 8.89. The molecule has 0 fully saturated rings. The summed E-state index contributed by atoms with van der Waals surface area (Å²) in [5, 5.41) is 6.54. The molecule has 28 heavy (non-hydrogen) atoms. The molecule has 0 saturated heterocycles. The molecule has 0 unspecified atom stereocenters. The van der Waals surface area contributed by atoms with Crippen LogP contribution >= 0.6 is 0 Å². The van der Waals surface area contributed by atoms with E-state index < -0.39 is 0 Å². The first kappa shape index (κ1) is 17.7. The number of aromatic nitrogens is 2. The first-order chi connectivity index (χ1) is 13.6. The van der Waals surface area contributed by atoms with Gasteiger partial charge in [-0.25, -0.2) is 9.97 Å². The van der Waals surface area contributed by atoms with Gasteiger partial charge in [0, 0.05) is 29.6 Å². The molecule has 0 bridgehead atoms. The summed E-state index contributed by atoms with van der Waals surface area (Å²) in [6.07, 6.45) is 0. The van der Waals surface area contributed by atoms with Crippen LogP contribution < -0.4 is 29.6 Å². The van der Waals surface area contributed by atoms with E-state index in [0.29, 0.717) is 34.7 Å². The number of nitrogens with zero attached hydrogens (tertiary/aromatic N) is 2. The third kappa shape index (κ3) is 3.71. The lowest BCUT2D eigenvalue weighted by Gasteiger charge is -2.12. The Bertz CT molecular complexity index is 1010. The Morgan fingerprint density at radius 1 is 0.786 bits per heavy atom. The Labute approximate surface area is 162 Å². The van der Waals surface area contributed by atoms with Crippen molar-refractivity contribution in [3.8, 4) is 23.0 Å². The quantitative estimate of drug-likeness (QED) is 0.663. The van der Waals surface area contributed by atoms with Crippen LogP contribution in [0.2, 0.25) is 0 Å². The van der Waals surface area contributed by atoms with Gasteiger partial charge in [0.2, 0.25) is 6.79 Å². The number of fused-ring (bicyclic) bond motifs is 1. The zero-order valence-corrected chi connectivity index (χ0v) is 15.8. The van der Waals surface area contributed by atoms with Gasteiger partial charge in [-0.3, -0.25) is 0 Å². The van der Waals surface area contributed by atoms with Crippen molar-refractivity contribution >= 4 is 23.0 Å². The van der Waals surface area contributed by atoms with Crippen LogP contribution in [0.1, 0.15) is 5.82 Å². The number of rotatable bonds is 6. The van der Waals surface area contributed by atoms with Crippen LogP contribution in [-0.4, -0.2) is 31.0 Å². The molecule has 0 radical (unpaired) electrons. The highest BCUT2D eigenvalue weighted by Crippen LogP contribution is 2.35. The summed E-state index contributed by atoms with van der Waals surface area (Å²) in [5.41, 5.74) is 1.67. The summed E-state index contributed by atoms with van der Waals surface area (Å²) in [6, 6.07) is 13.1. The molecule has 2 N–H and O–H groups in total. The van der Waals surface area contributed by atoms with Gasteiger partial charge in [0.1, 0.15) is 17.5 Å². The van der Waals surface area contributed by atoms with Crippen molar-refractivity contribution in [1.82, 2.24) is 9.97 Å². The number of benzene rings is 2. The highest BCUT2D eigenvalue weighted by atomic mass is 16.7.